The van der Waals surface area contributed by atoms with Crippen molar-refractivity contribution in [2.45, 2.75) is 24.2 Å². The quantitative estimate of drug-likeness (QED) is 0.703. The molecular formula is C18H21N3O2S2. The molecule has 0 spiro atoms. The number of aryl methyl sites for hydroxylation is 1. The number of fused-ring (bicyclic) bond motifs is 1. The highest BCUT2D eigenvalue weighted by Crippen LogP contribution is 2.31. The van der Waals surface area contributed by atoms with E-state index in [-0.39, 0.29) is 4.90 Å². The van der Waals surface area contributed by atoms with Gasteiger partial charge in [-0.2, -0.15) is 9.40 Å². The fourth-order valence-corrected chi connectivity index (χ4v) is 6.11. The second-order valence-corrected chi connectivity index (χ2v) is 9.53. The van der Waals surface area contributed by atoms with E-state index < -0.39 is 10.0 Å². The van der Waals surface area contributed by atoms with E-state index in [1.54, 1.807) is 28.9 Å². The Bertz CT molecular complexity index is 991. The van der Waals surface area contributed by atoms with Crippen LogP contribution in [0.25, 0.3) is 10.1 Å². The molecule has 1 fully saturated rings. The van der Waals surface area contributed by atoms with Gasteiger partial charge in [0.2, 0.25) is 10.0 Å². The monoisotopic (exact) mass is 375 g/mol. The lowest BCUT2D eigenvalue weighted by Crippen LogP contribution is -2.40. The molecule has 5 nitrogen and oxygen atoms in total. The summed E-state index contributed by atoms with van der Waals surface area (Å²) in [7, 11) is -1.71. The molecule has 0 N–H and O–H groups in total. The first kappa shape index (κ1) is 16.8. The van der Waals surface area contributed by atoms with Gasteiger partial charge in [0.05, 0.1) is 6.20 Å². The second-order valence-electron chi connectivity index (χ2n) is 6.68. The van der Waals surface area contributed by atoms with Gasteiger partial charge in [0.25, 0.3) is 0 Å². The Labute approximate surface area is 151 Å². The van der Waals surface area contributed by atoms with E-state index in [9.17, 15) is 8.42 Å². The normalized spacial score (nSPS) is 19.5. The van der Waals surface area contributed by atoms with Gasteiger partial charge in [-0.1, -0.05) is 18.2 Å². The van der Waals surface area contributed by atoms with Crippen molar-refractivity contribution >= 4 is 31.4 Å². The summed E-state index contributed by atoms with van der Waals surface area (Å²) >= 11 is 1.77. The van der Waals surface area contributed by atoms with Crippen molar-refractivity contribution in [1.82, 2.24) is 14.1 Å². The number of rotatable bonds is 4. The zero-order valence-corrected chi connectivity index (χ0v) is 15.8. The summed E-state index contributed by atoms with van der Waals surface area (Å²) < 4.78 is 30.1. The molecule has 2 aromatic heterocycles. The van der Waals surface area contributed by atoms with Crippen LogP contribution in [-0.2, 0) is 23.5 Å². The number of aromatic nitrogens is 2. The molecule has 132 valence electrons. The van der Waals surface area contributed by atoms with Gasteiger partial charge >= 0.3 is 0 Å². The van der Waals surface area contributed by atoms with E-state index >= 15 is 0 Å². The topological polar surface area (TPSA) is 55.2 Å². The first-order chi connectivity index (χ1) is 12.0. The molecule has 1 aliphatic rings. The molecule has 0 amide bonds. The van der Waals surface area contributed by atoms with Crippen molar-refractivity contribution in [3.8, 4) is 0 Å². The predicted molar refractivity (Wildman–Crippen MR) is 100 cm³/mol. The largest absolute Gasteiger partial charge is 0.274 e. The van der Waals surface area contributed by atoms with Crippen LogP contribution < -0.4 is 0 Å². The van der Waals surface area contributed by atoms with Crippen molar-refractivity contribution < 1.29 is 8.42 Å². The summed E-state index contributed by atoms with van der Waals surface area (Å²) in [6.07, 6.45) is 5.93. The molecule has 3 heterocycles. The summed E-state index contributed by atoms with van der Waals surface area (Å²) in [4.78, 5) is 0.289. The minimum absolute atomic E-state index is 0.289. The third-order valence-electron chi connectivity index (χ3n) is 4.87. The molecule has 1 aliphatic heterocycles. The van der Waals surface area contributed by atoms with Gasteiger partial charge in [-0.25, -0.2) is 8.42 Å². The maximum atomic E-state index is 12.8. The SMILES string of the molecule is Cn1cc(S(=O)(=O)N2CCCC(Cc3csc4ccccc34)C2)cn1. The zero-order valence-electron chi connectivity index (χ0n) is 14.1. The Morgan fingerprint density at radius 1 is 1.32 bits per heavy atom. The summed E-state index contributed by atoms with van der Waals surface area (Å²) in [6.45, 7) is 1.18. The molecule has 0 saturated carbocycles. The van der Waals surface area contributed by atoms with E-state index in [2.05, 4.69) is 34.7 Å². The molecule has 0 bridgehead atoms. The van der Waals surface area contributed by atoms with Crippen LogP contribution in [0.3, 0.4) is 0 Å². The molecule has 4 rings (SSSR count). The van der Waals surface area contributed by atoms with Gasteiger partial charge in [0.1, 0.15) is 4.90 Å². The molecule has 0 aliphatic carbocycles. The second kappa shape index (κ2) is 6.55. The first-order valence-electron chi connectivity index (χ1n) is 8.48. The lowest BCUT2D eigenvalue weighted by Gasteiger charge is -2.31. The molecule has 0 radical (unpaired) electrons. The van der Waals surface area contributed by atoms with Crippen LogP contribution >= 0.6 is 11.3 Å². The molecule has 25 heavy (non-hydrogen) atoms. The minimum Gasteiger partial charge on any atom is -0.274 e. The van der Waals surface area contributed by atoms with Crippen molar-refractivity contribution in [2.75, 3.05) is 13.1 Å². The Kier molecular flexibility index (Phi) is 4.39. The Morgan fingerprint density at radius 3 is 2.96 bits per heavy atom. The number of nitrogens with zero attached hydrogens (tertiary/aromatic N) is 3. The third kappa shape index (κ3) is 3.23. The first-order valence-corrected chi connectivity index (χ1v) is 10.8. The maximum absolute atomic E-state index is 12.8. The predicted octanol–water partition coefficient (Wildman–Crippen LogP) is 3.28. The average Bonchev–Trinajstić information content (AvgIpc) is 3.23. The van der Waals surface area contributed by atoms with Gasteiger partial charge in [-0.05, 0) is 47.6 Å². The summed E-state index contributed by atoms with van der Waals surface area (Å²) in [5.74, 6) is 0.359. The number of thiophene rings is 1. The molecule has 1 aromatic carbocycles. The molecule has 1 saturated heterocycles. The van der Waals surface area contributed by atoms with Crippen molar-refractivity contribution in [1.29, 1.82) is 0 Å². The van der Waals surface area contributed by atoms with Crippen molar-refractivity contribution in [2.24, 2.45) is 13.0 Å². The number of piperidine rings is 1. The molecule has 3 aromatic rings. The Balaban J connectivity index is 1.53. The minimum atomic E-state index is -3.44. The average molecular weight is 376 g/mol. The van der Waals surface area contributed by atoms with E-state index in [1.165, 1.54) is 26.5 Å². The Hall–Kier alpha value is -1.70. The van der Waals surface area contributed by atoms with Gasteiger partial charge in [0, 0.05) is 31.0 Å². The summed E-state index contributed by atoms with van der Waals surface area (Å²) in [5, 5.41) is 7.53. The van der Waals surface area contributed by atoms with Crippen LogP contribution in [0.2, 0.25) is 0 Å². The molecule has 7 heteroatoms. The highest BCUT2D eigenvalue weighted by atomic mass is 32.2. The fourth-order valence-electron chi connectivity index (χ4n) is 3.59. The molecule has 1 atom stereocenters. The van der Waals surface area contributed by atoms with Crippen molar-refractivity contribution in [3.63, 3.8) is 0 Å². The third-order valence-corrected chi connectivity index (χ3v) is 7.70. The fraction of sp³-hybridized carbons (Fsp3) is 0.389. The van der Waals surface area contributed by atoms with Crippen LogP contribution in [-0.4, -0.2) is 35.6 Å². The lowest BCUT2D eigenvalue weighted by molar-refractivity contribution is 0.266. The summed E-state index contributed by atoms with van der Waals surface area (Å²) in [5.41, 5.74) is 1.34. The highest BCUT2D eigenvalue weighted by molar-refractivity contribution is 7.89. The van der Waals surface area contributed by atoms with Crippen LogP contribution in [0, 0.1) is 5.92 Å². The molecule has 1 unspecified atom stereocenters. The van der Waals surface area contributed by atoms with Gasteiger partial charge in [0.15, 0.2) is 0 Å². The van der Waals surface area contributed by atoms with Gasteiger partial charge in [-0.15, -0.1) is 11.3 Å². The van der Waals surface area contributed by atoms with Gasteiger partial charge < -0.3 is 0 Å². The standard InChI is InChI=1S/C18H21N3O2S2/c1-20-12-16(10-19-20)25(22,23)21-8-4-5-14(11-21)9-15-13-24-18-7-3-2-6-17(15)18/h2-3,6-7,10,12-14H,4-5,8-9,11H2,1H3. The lowest BCUT2D eigenvalue weighted by atomic mass is 9.92. The van der Waals surface area contributed by atoms with Crippen LogP contribution in [0.15, 0.2) is 46.9 Å². The van der Waals surface area contributed by atoms with Crippen LogP contribution in [0.4, 0.5) is 0 Å². The van der Waals surface area contributed by atoms with Gasteiger partial charge in [-0.3, -0.25) is 4.68 Å². The molecular weight excluding hydrogens is 354 g/mol. The van der Waals surface area contributed by atoms with E-state index in [0.29, 0.717) is 19.0 Å². The number of benzene rings is 1. The van der Waals surface area contributed by atoms with E-state index in [0.717, 1.165) is 19.3 Å². The maximum Gasteiger partial charge on any atom is 0.246 e. The Morgan fingerprint density at radius 2 is 2.16 bits per heavy atom. The highest BCUT2D eigenvalue weighted by Gasteiger charge is 2.31. The zero-order chi connectivity index (χ0) is 17.4. The van der Waals surface area contributed by atoms with Crippen molar-refractivity contribution in [3.05, 3.63) is 47.6 Å². The van der Waals surface area contributed by atoms with E-state index in [1.807, 2.05) is 0 Å². The van der Waals surface area contributed by atoms with Crippen LogP contribution in [0.5, 0.6) is 0 Å². The number of hydrogen-bond acceptors (Lipinski definition) is 4. The number of hydrogen-bond donors (Lipinski definition) is 0. The van der Waals surface area contributed by atoms with Crippen LogP contribution in [0.1, 0.15) is 18.4 Å². The number of sulfonamides is 1. The smallest absolute Gasteiger partial charge is 0.246 e. The van der Waals surface area contributed by atoms with E-state index in [4.69, 9.17) is 0 Å². The summed E-state index contributed by atoms with van der Waals surface area (Å²) in [6, 6.07) is 8.43.